The number of carbonyl (C=O) groups excluding carboxylic acids is 2. The van der Waals surface area contributed by atoms with E-state index in [9.17, 15) is 9.59 Å². The van der Waals surface area contributed by atoms with E-state index in [4.69, 9.17) is 0 Å². The van der Waals surface area contributed by atoms with Crippen LogP contribution in [0.3, 0.4) is 0 Å². The molecule has 2 amide bonds. The lowest BCUT2D eigenvalue weighted by molar-refractivity contribution is -0.143. The predicted molar refractivity (Wildman–Crippen MR) is 92.5 cm³/mol. The average molecular weight is 325 g/mol. The molecule has 0 bridgehead atoms. The molecular formula is C19H23N3O2. The van der Waals surface area contributed by atoms with E-state index in [-0.39, 0.29) is 11.8 Å². The van der Waals surface area contributed by atoms with Gasteiger partial charge in [-0.15, -0.1) is 0 Å². The molecule has 2 fully saturated rings. The van der Waals surface area contributed by atoms with Crippen molar-refractivity contribution in [3.8, 4) is 0 Å². The maximum Gasteiger partial charge on any atom is 0.238 e. The number of nitrogens with one attached hydrogen (secondary N) is 2. The molecule has 126 valence electrons. The standard InChI is InChI=1S/C19H23N3O2/c23-17(19(8-9-19)18(24)22-11-3-4-12-22)20-10-7-14-13-21-16-6-2-1-5-15(14)16/h1-2,5-6,13,21H,3-4,7-12H2,(H,20,23). The SMILES string of the molecule is O=C(NCCc1c[nH]c2ccccc12)C1(C(=O)N2CCCC2)CC1. The number of carbonyl (C=O) groups is 2. The van der Waals surface area contributed by atoms with Gasteiger partial charge in [0, 0.05) is 36.7 Å². The predicted octanol–water partition coefficient (Wildman–Crippen LogP) is 2.23. The molecule has 1 aliphatic heterocycles. The Morgan fingerprint density at radius 3 is 2.67 bits per heavy atom. The fourth-order valence-corrected chi connectivity index (χ4v) is 3.70. The summed E-state index contributed by atoms with van der Waals surface area (Å²) in [5, 5.41) is 4.19. The largest absolute Gasteiger partial charge is 0.361 e. The summed E-state index contributed by atoms with van der Waals surface area (Å²) in [6.07, 6.45) is 6.28. The van der Waals surface area contributed by atoms with Gasteiger partial charge >= 0.3 is 0 Å². The van der Waals surface area contributed by atoms with Gasteiger partial charge in [0.1, 0.15) is 5.41 Å². The number of hydrogen-bond acceptors (Lipinski definition) is 2. The fourth-order valence-electron chi connectivity index (χ4n) is 3.70. The zero-order valence-electron chi connectivity index (χ0n) is 13.8. The molecule has 5 heteroatoms. The van der Waals surface area contributed by atoms with E-state index >= 15 is 0 Å². The molecule has 1 aliphatic carbocycles. The highest BCUT2D eigenvalue weighted by atomic mass is 16.2. The van der Waals surface area contributed by atoms with Gasteiger partial charge in [-0.25, -0.2) is 0 Å². The Balaban J connectivity index is 1.36. The monoisotopic (exact) mass is 325 g/mol. The number of likely N-dealkylation sites (tertiary alicyclic amines) is 1. The van der Waals surface area contributed by atoms with Crippen molar-refractivity contribution in [3.05, 3.63) is 36.0 Å². The van der Waals surface area contributed by atoms with Crippen LogP contribution in [0.2, 0.25) is 0 Å². The van der Waals surface area contributed by atoms with Crippen molar-refractivity contribution in [2.24, 2.45) is 5.41 Å². The molecule has 24 heavy (non-hydrogen) atoms. The van der Waals surface area contributed by atoms with Crippen LogP contribution in [-0.4, -0.2) is 41.3 Å². The summed E-state index contributed by atoms with van der Waals surface area (Å²) in [5.74, 6) is -0.0381. The Morgan fingerprint density at radius 1 is 1.17 bits per heavy atom. The normalized spacial score (nSPS) is 18.8. The highest BCUT2D eigenvalue weighted by Crippen LogP contribution is 2.48. The van der Waals surface area contributed by atoms with Gasteiger partial charge in [-0.05, 0) is 43.7 Å². The van der Waals surface area contributed by atoms with E-state index in [2.05, 4.69) is 16.4 Å². The average Bonchev–Trinajstić information content (AvgIpc) is 3.05. The lowest BCUT2D eigenvalue weighted by Gasteiger charge is -2.22. The number of benzene rings is 1. The zero-order chi connectivity index (χ0) is 16.6. The molecular weight excluding hydrogens is 302 g/mol. The molecule has 2 heterocycles. The van der Waals surface area contributed by atoms with Crippen LogP contribution in [0, 0.1) is 5.41 Å². The van der Waals surface area contributed by atoms with Gasteiger partial charge in [0.05, 0.1) is 0 Å². The summed E-state index contributed by atoms with van der Waals surface area (Å²) in [5.41, 5.74) is 1.55. The van der Waals surface area contributed by atoms with Crippen molar-refractivity contribution >= 4 is 22.7 Å². The van der Waals surface area contributed by atoms with Crippen LogP contribution in [0.15, 0.2) is 30.5 Å². The van der Waals surface area contributed by atoms with Crippen LogP contribution < -0.4 is 5.32 Å². The molecule has 1 saturated heterocycles. The number of amides is 2. The highest BCUT2D eigenvalue weighted by Gasteiger charge is 2.57. The Morgan fingerprint density at radius 2 is 1.92 bits per heavy atom. The topological polar surface area (TPSA) is 65.2 Å². The Labute approximate surface area is 141 Å². The van der Waals surface area contributed by atoms with Gasteiger partial charge < -0.3 is 15.2 Å². The molecule has 4 rings (SSSR count). The number of fused-ring (bicyclic) bond motifs is 1. The van der Waals surface area contributed by atoms with E-state index in [0.717, 1.165) is 37.9 Å². The van der Waals surface area contributed by atoms with Gasteiger partial charge in [-0.1, -0.05) is 18.2 Å². The molecule has 0 radical (unpaired) electrons. The minimum atomic E-state index is -0.759. The number of para-hydroxylation sites is 1. The van der Waals surface area contributed by atoms with Gasteiger partial charge in [0.15, 0.2) is 0 Å². The summed E-state index contributed by atoms with van der Waals surface area (Å²) >= 11 is 0. The van der Waals surface area contributed by atoms with Crippen molar-refractivity contribution < 1.29 is 9.59 Å². The summed E-state index contributed by atoms with van der Waals surface area (Å²) in [7, 11) is 0. The Bertz CT molecular complexity index is 770. The molecule has 2 aromatic rings. The third-order valence-corrected chi connectivity index (χ3v) is 5.34. The first kappa shape index (κ1) is 15.2. The van der Waals surface area contributed by atoms with E-state index < -0.39 is 5.41 Å². The van der Waals surface area contributed by atoms with Crippen molar-refractivity contribution in [2.75, 3.05) is 19.6 Å². The first-order valence-corrected chi connectivity index (χ1v) is 8.83. The first-order valence-electron chi connectivity index (χ1n) is 8.83. The quantitative estimate of drug-likeness (QED) is 0.828. The first-order chi connectivity index (χ1) is 11.7. The summed E-state index contributed by atoms with van der Waals surface area (Å²) < 4.78 is 0. The van der Waals surface area contributed by atoms with Crippen molar-refractivity contribution in [1.29, 1.82) is 0 Å². The van der Waals surface area contributed by atoms with E-state index in [1.165, 1.54) is 10.9 Å². The molecule has 0 unspecified atom stereocenters. The molecule has 1 aromatic carbocycles. The fraction of sp³-hybridized carbons (Fsp3) is 0.474. The number of aromatic amines is 1. The van der Waals surface area contributed by atoms with Crippen LogP contribution in [0.4, 0.5) is 0 Å². The Kier molecular flexibility index (Phi) is 3.79. The smallest absolute Gasteiger partial charge is 0.238 e. The number of H-pyrrole nitrogens is 1. The number of aromatic nitrogens is 1. The molecule has 0 atom stereocenters. The molecule has 2 aliphatic rings. The van der Waals surface area contributed by atoms with Gasteiger partial charge in [-0.3, -0.25) is 9.59 Å². The zero-order valence-corrected chi connectivity index (χ0v) is 13.8. The summed E-state index contributed by atoms with van der Waals surface area (Å²) in [6.45, 7) is 2.18. The van der Waals surface area contributed by atoms with Crippen molar-refractivity contribution in [3.63, 3.8) is 0 Å². The molecule has 2 N–H and O–H groups in total. The number of nitrogens with zero attached hydrogens (tertiary/aromatic N) is 1. The van der Waals surface area contributed by atoms with Crippen LogP contribution in [0.25, 0.3) is 10.9 Å². The van der Waals surface area contributed by atoms with Gasteiger partial charge in [-0.2, -0.15) is 0 Å². The second-order valence-electron chi connectivity index (χ2n) is 6.95. The molecule has 0 spiro atoms. The lowest BCUT2D eigenvalue weighted by atomic mass is 10.0. The maximum absolute atomic E-state index is 12.6. The van der Waals surface area contributed by atoms with Gasteiger partial charge in [0.2, 0.25) is 11.8 Å². The van der Waals surface area contributed by atoms with Crippen LogP contribution in [-0.2, 0) is 16.0 Å². The van der Waals surface area contributed by atoms with Crippen LogP contribution >= 0.6 is 0 Å². The van der Waals surface area contributed by atoms with E-state index in [0.29, 0.717) is 19.4 Å². The van der Waals surface area contributed by atoms with E-state index in [1.807, 2.05) is 29.3 Å². The number of rotatable bonds is 5. The van der Waals surface area contributed by atoms with Crippen LogP contribution in [0.5, 0.6) is 0 Å². The van der Waals surface area contributed by atoms with E-state index in [1.54, 1.807) is 0 Å². The minimum Gasteiger partial charge on any atom is -0.361 e. The second kappa shape index (κ2) is 5.96. The summed E-state index contributed by atoms with van der Waals surface area (Å²) in [4.78, 5) is 30.3. The van der Waals surface area contributed by atoms with Crippen LogP contribution in [0.1, 0.15) is 31.2 Å². The van der Waals surface area contributed by atoms with Crippen molar-refractivity contribution in [2.45, 2.75) is 32.1 Å². The third-order valence-electron chi connectivity index (χ3n) is 5.34. The number of hydrogen-bond donors (Lipinski definition) is 2. The lowest BCUT2D eigenvalue weighted by Crippen LogP contribution is -2.44. The molecule has 1 saturated carbocycles. The highest BCUT2D eigenvalue weighted by molar-refractivity contribution is 6.07. The summed E-state index contributed by atoms with van der Waals surface area (Å²) in [6, 6.07) is 8.16. The molecule has 5 nitrogen and oxygen atoms in total. The molecule has 1 aromatic heterocycles. The van der Waals surface area contributed by atoms with Gasteiger partial charge in [0.25, 0.3) is 0 Å². The maximum atomic E-state index is 12.6. The third kappa shape index (κ3) is 2.58. The van der Waals surface area contributed by atoms with Crippen molar-refractivity contribution in [1.82, 2.24) is 15.2 Å². The Hall–Kier alpha value is -2.30. The minimum absolute atomic E-state index is 0.0459. The second-order valence-corrected chi connectivity index (χ2v) is 6.95.